The van der Waals surface area contributed by atoms with Gasteiger partial charge in [0, 0.05) is 12.0 Å². The third-order valence-corrected chi connectivity index (χ3v) is 5.32. The molecule has 1 aromatic heterocycles. The molecule has 2 heterocycles. The van der Waals surface area contributed by atoms with Crippen molar-refractivity contribution in [2.45, 2.75) is 64.8 Å². The Hall–Kier alpha value is -1.14. The van der Waals surface area contributed by atoms with E-state index in [-0.39, 0.29) is 35.2 Å². The van der Waals surface area contributed by atoms with Gasteiger partial charge in [0.2, 0.25) is 11.8 Å². The summed E-state index contributed by atoms with van der Waals surface area (Å²) in [4.78, 5) is 17.4. The highest BCUT2D eigenvalue weighted by atomic mass is 35.5. The summed E-state index contributed by atoms with van der Waals surface area (Å²) in [5.41, 5.74) is -0.409. The highest BCUT2D eigenvalue weighted by Crippen LogP contribution is 2.44. The van der Waals surface area contributed by atoms with Crippen LogP contribution in [0.1, 0.15) is 71.1 Å². The summed E-state index contributed by atoms with van der Waals surface area (Å²) in [5, 5.41) is 10.6. The normalized spacial score (nSPS) is 27.9. The fraction of sp³-hybridized carbons (Fsp3) is 0.824. The molecule has 136 valence electrons. The SMILES string of the molecule is CC(NC(=O)[C@@]12CCCC[C@H]1CNC2)c1nc(C(C)(C)C)no1.Cl. The second-order valence-electron chi connectivity index (χ2n) is 8.13. The van der Waals surface area contributed by atoms with E-state index in [1.54, 1.807) is 0 Å². The van der Waals surface area contributed by atoms with Crippen molar-refractivity contribution in [3.63, 3.8) is 0 Å². The number of amides is 1. The molecule has 0 radical (unpaired) electrons. The minimum atomic E-state index is -0.261. The van der Waals surface area contributed by atoms with E-state index in [2.05, 4.69) is 20.8 Å². The molecule has 1 aliphatic heterocycles. The minimum absolute atomic E-state index is 0. The molecule has 1 aliphatic carbocycles. The average Bonchev–Trinajstić information content (AvgIpc) is 3.14. The molecule has 1 saturated heterocycles. The Morgan fingerprint density at radius 3 is 2.83 bits per heavy atom. The van der Waals surface area contributed by atoms with E-state index in [0.717, 1.165) is 32.4 Å². The zero-order valence-electron chi connectivity index (χ0n) is 15.0. The average molecular weight is 357 g/mol. The van der Waals surface area contributed by atoms with Gasteiger partial charge < -0.3 is 15.2 Å². The molecular weight excluding hydrogens is 328 g/mol. The number of carbonyl (C=O) groups is 1. The van der Waals surface area contributed by atoms with Gasteiger partial charge in [0.15, 0.2) is 5.82 Å². The number of nitrogens with zero attached hydrogens (tertiary/aromatic N) is 2. The van der Waals surface area contributed by atoms with Gasteiger partial charge in [0.25, 0.3) is 0 Å². The van der Waals surface area contributed by atoms with Crippen LogP contribution in [0, 0.1) is 11.3 Å². The Labute approximate surface area is 149 Å². The Morgan fingerprint density at radius 1 is 1.42 bits per heavy atom. The van der Waals surface area contributed by atoms with E-state index in [9.17, 15) is 4.79 Å². The Bertz CT molecular complexity index is 583. The molecule has 1 aromatic rings. The lowest BCUT2D eigenvalue weighted by Crippen LogP contribution is -2.48. The van der Waals surface area contributed by atoms with Crippen LogP contribution in [-0.2, 0) is 10.2 Å². The van der Waals surface area contributed by atoms with E-state index >= 15 is 0 Å². The number of hydrogen-bond acceptors (Lipinski definition) is 5. The van der Waals surface area contributed by atoms with Crippen molar-refractivity contribution in [3.8, 4) is 0 Å². The lowest BCUT2D eigenvalue weighted by molar-refractivity contribution is -0.134. The van der Waals surface area contributed by atoms with Gasteiger partial charge in [-0.15, -0.1) is 12.4 Å². The highest BCUT2D eigenvalue weighted by Gasteiger charge is 2.50. The maximum atomic E-state index is 12.9. The zero-order chi connectivity index (χ0) is 16.7. The second-order valence-corrected chi connectivity index (χ2v) is 8.13. The summed E-state index contributed by atoms with van der Waals surface area (Å²) >= 11 is 0. The molecule has 3 atom stereocenters. The fourth-order valence-electron chi connectivity index (χ4n) is 3.81. The van der Waals surface area contributed by atoms with Crippen LogP contribution in [0.5, 0.6) is 0 Å². The van der Waals surface area contributed by atoms with Crippen LogP contribution in [-0.4, -0.2) is 29.1 Å². The Balaban J connectivity index is 0.00000208. The Kier molecular flexibility index (Phi) is 5.60. The molecule has 1 amide bonds. The second kappa shape index (κ2) is 7.00. The van der Waals surface area contributed by atoms with Gasteiger partial charge >= 0.3 is 0 Å². The summed E-state index contributed by atoms with van der Waals surface area (Å²) in [6.07, 6.45) is 4.48. The van der Waals surface area contributed by atoms with Crippen molar-refractivity contribution in [1.29, 1.82) is 0 Å². The molecule has 1 saturated carbocycles. The summed E-state index contributed by atoms with van der Waals surface area (Å²) in [5.74, 6) is 1.74. The number of hydrogen-bond donors (Lipinski definition) is 2. The fourth-order valence-corrected chi connectivity index (χ4v) is 3.81. The molecular formula is C17H29ClN4O2. The first-order valence-electron chi connectivity index (χ1n) is 8.69. The zero-order valence-corrected chi connectivity index (χ0v) is 15.8. The number of carbonyl (C=O) groups excluding carboxylic acids is 1. The molecule has 1 unspecified atom stereocenters. The summed E-state index contributed by atoms with van der Waals surface area (Å²) in [6.45, 7) is 9.78. The first-order chi connectivity index (χ1) is 10.8. The predicted octanol–water partition coefficient (Wildman–Crippen LogP) is 2.75. The van der Waals surface area contributed by atoms with Crippen LogP contribution in [0.4, 0.5) is 0 Å². The van der Waals surface area contributed by atoms with E-state index in [4.69, 9.17) is 4.52 Å². The molecule has 0 spiro atoms. The largest absolute Gasteiger partial charge is 0.344 e. The van der Waals surface area contributed by atoms with Crippen molar-refractivity contribution in [3.05, 3.63) is 11.7 Å². The predicted molar refractivity (Wildman–Crippen MR) is 94.1 cm³/mol. The monoisotopic (exact) mass is 356 g/mol. The maximum absolute atomic E-state index is 12.9. The van der Waals surface area contributed by atoms with Gasteiger partial charge in [-0.2, -0.15) is 4.98 Å². The van der Waals surface area contributed by atoms with Crippen LogP contribution in [0.3, 0.4) is 0 Å². The number of nitrogens with one attached hydrogen (secondary N) is 2. The number of fused-ring (bicyclic) bond motifs is 1. The third kappa shape index (κ3) is 3.45. The van der Waals surface area contributed by atoms with Crippen LogP contribution in [0.15, 0.2) is 4.52 Å². The van der Waals surface area contributed by atoms with Gasteiger partial charge in [-0.05, 0) is 32.2 Å². The first-order valence-corrected chi connectivity index (χ1v) is 8.69. The van der Waals surface area contributed by atoms with Crippen molar-refractivity contribution in [2.75, 3.05) is 13.1 Å². The van der Waals surface area contributed by atoms with Gasteiger partial charge in [-0.1, -0.05) is 38.8 Å². The molecule has 2 N–H and O–H groups in total. The molecule has 24 heavy (non-hydrogen) atoms. The molecule has 0 bridgehead atoms. The third-order valence-electron chi connectivity index (χ3n) is 5.32. The van der Waals surface area contributed by atoms with Crippen LogP contribution >= 0.6 is 12.4 Å². The molecule has 7 heteroatoms. The molecule has 2 fully saturated rings. The lowest BCUT2D eigenvalue weighted by Gasteiger charge is -2.37. The van der Waals surface area contributed by atoms with Crippen molar-refractivity contribution in [1.82, 2.24) is 20.8 Å². The van der Waals surface area contributed by atoms with Gasteiger partial charge in [0.05, 0.1) is 5.41 Å². The maximum Gasteiger partial charge on any atom is 0.248 e. The molecule has 3 rings (SSSR count). The van der Waals surface area contributed by atoms with Gasteiger partial charge in [-0.25, -0.2) is 0 Å². The summed E-state index contributed by atoms with van der Waals surface area (Å²) < 4.78 is 5.36. The standard InChI is InChI=1S/C17H28N4O2.ClH/c1-11(13-20-14(21-23-13)16(2,3)4)19-15(22)17-8-6-5-7-12(17)9-18-10-17;/h11-12,18H,5-10H2,1-4H3,(H,19,22);1H/t11?,12-,17+;/m0./s1. The van der Waals surface area contributed by atoms with Crippen molar-refractivity contribution >= 4 is 18.3 Å². The topological polar surface area (TPSA) is 80.0 Å². The van der Waals surface area contributed by atoms with Gasteiger partial charge in [0.1, 0.15) is 6.04 Å². The van der Waals surface area contributed by atoms with Crippen LogP contribution in [0.25, 0.3) is 0 Å². The van der Waals surface area contributed by atoms with E-state index < -0.39 is 0 Å². The number of rotatable bonds is 3. The van der Waals surface area contributed by atoms with Crippen LogP contribution < -0.4 is 10.6 Å². The Morgan fingerprint density at radius 2 is 2.17 bits per heavy atom. The quantitative estimate of drug-likeness (QED) is 0.870. The van der Waals surface area contributed by atoms with E-state index in [0.29, 0.717) is 17.6 Å². The first kappa shape index (κ1) is 19.2. The minimum Gasteiger partial charge on any atom is -0.344 e. The van der Waals surface area contributed by atoms with Crippen molar-refractivity contribution in [2.24, 2.45) is 11.3 Å². The highest BCUT2D eigenvalue weighted by molar-refractivity contribution is 5.85. The molecule has 6 nitrogen and oxygen atoms in total. The molecule has 0 aromatic carbocycles. The summed E-state index contributed by atoms with van der Waals surface area (Å²) in [7, 11) is 0. The van der Waals surface area contributed by atoms with Crippen molar-refractivity contribution < 1.29 is 9.32 Å². The van der Waals surface area contributed by atoms with Crippen LogP contribution in [0.2, 0.25) is 0 Å². The van der Waals surface area contributed by atoms with E-state index in [1.807, 2.05) is 27.7 Å². The lowest BCUT2D eigenvalue weighted by atomic mass is 9.67. The van der Waals surface area contributed by atoms with Gasteiger partial charge in [-0.3, -0.25) is 4.79 Å². The molecule has 2 aliphatic rings. The smallest absolute Gasteiger partial charge is 0.248 e. The number of halogens is 1. The van der Waals surface area contributed by atoms with E-state index in [1.165, 1.54) is 6.42 Å². The number of aromatic nitrogens is 2. The summed E-state index contributed by atoms with van der Waals surface area (Å²) in [6, 6.07) is -0.261.